The molecule has 2 aromatic rings. The van der Waals surface area contributed by atoms with Crippen molar-refractivity contribution in [1.82, 2.24) is 10.6 Å². The predicted molar refractivity (Wildman–Crippen MR) is 129 cm³/mol. The predicted octanol–water partition coefficient (Wildman–Crippen LogP) is 4.34. The van der Waals surface area contributed by atoms with Crippen molar-refractivity contribution in [2.24, 2.45) is 11.8 Å². The number of carbonyl (C=O) groups is 3. The van der Waals surface area contributed by atoms with Gasteiger partial charge in [-0.15, -0.1) is 0 Å². The van der Waals surface area contributed by atoms with Gasteiger partial charge in [0.1, 0.15) is 23.7 Å². The zero-order valence-electron chi connectivity index (χ0n) is 21.4. The Hall–Kier alpha value is -3.64. The quantitative estimate of drug-likeness (QED) is 0.382. The lowest BCUT2D eigenvalue weighted by Crippen LogP contribution is -2.56. The smallest absolute Gasteiger partial charge is 0.344 e. The van der Waals surface area contributed by atoms with Crippen LogP contribution in [-0.2, 0) is 27.2 Å². The molecule has 1 fully saturated rings. The molecule has 1 aliphatic heterocycles. The number of nitrogens with zero attached hydrogens (tertiary/aromatic N) is 1. The maximum atomic E-state index is 14.8. The summed E-state index contributed by atoms with van der Waals surface area (Å²) in [6, 6.07) is 1.88. The van der Waals surface area contributed by atoms with Crippen LogP contribution in [0, 0.1) is 35.1 Å². The fourth-order valence-electron chi connectivity index (χ4n) is 4.95. The molecule has 3 amide bonds. The normalized spacial score (nSPS) is 21.5. The second-order valence-electron chi connectivity index (χ2n) is 10.2. The molecule has 4 atom stereocenters. The highest BCUT2D eigenvalue weighted by molar-refractivity contribution is 6.02. The van der Waals surface area contributed by atoms with Gasteiger partial charge in [-0.25, -0.2) is 17.6 Å². The fraction of sp³-hybridized carbons (Fsp3) is 0.444. The van der Waals surface area contributed by atoms with Crippen LogP contribution >= 0.6 is 0 Å². The van der Waals surface area contributed by atoms with E-state index < -0.39 is 95.7 Å². The number of halogens is 7. The van der Waals surface area contributed by atoms with Crippen LogP contribution in [0.25, 0.3) is 0 Å². The zero-order chi connectivity index (χ0) is 29.5. The van der Waals surface area contributed by atoms with Gasteiger partial charge in [0.15, 0.2) is 11.6 Å². The number of benzene rings is 2. The third-order valence-electron chi connectivity index (χ3n) is 7.09. The first-order valence-electron chi connectivity index (χ1n) is 12.6. The van der Waals surface area contributed by atoms with Crippen molar-refractivity contribution in [3.8, 4) is 0 Å². The largest absolute Gasteiger partial charge is 0.392 e. The number of amides is 3. The minimum absolute atomic E-state index is 0.0193. The number of rotatable bonds is 7. The highest BCUT2D eigenvalue weighted by Crippen LogP contribution is 2.50. The number of carbonyl (C=O) groups excluding carboxylic acids is 3. The summed E-state index contributed by atoms with van der Waals surface area (Å²) in [7, 11) is 0. The maximum absolute atomic E-state index is 14.8. The average molecular weight is 574 g/mol. The number of hydrogen-bond donors (Lipinski definition) is 2. The van der Waals surface area contributed by atoms with Gasteiger partial charge in [0, 0.05) is 24.1 Å². The van der Waals surface area contributed by atoms with Gasteiger partial charge in [-0.2, -0.15) is 13.2 Å². The van der Waals surface area contributed by atoms with Crippen molar-refractivity contribution in [1.29, 1.82) is 0 Å². The summed E-state index contributed by atoms with van der Waals surface area (Å²) in [5.41, 5.74) is -0.868. The van der Waals surface area contributed by atoms with Crippen LogP contribution in [0.2, 0.25) is 0 Å². The molecule has 0 spiro atoms. The molecule has 1 heterocycles. The van der Waals surface area contributed by atoms with E-state index in [2.05, 4.69) is 10.6 Å². The van der Waals surface area contributed by atoms with E-state index in [0.29, 0.717) is 6.07 Å². The summed E-state index contributed by atoms with van der Waals surface area (Å²) >= 11 is 0. The van der Waals surface area contributed by atoms with Gasteiger partial charge in [0.2, 0.25) is 17.7 Å². The van der Waals surface area contributed by atoms with Crippen molar-refractivity contribution in [2.45, 2.75) is 63.8 Å². The van der Waals surface area contributed by atoms with E-state index in [0.717, 1.165) is 11.0 Å². The van der Waals surface area contributed by atoms with E-state index in [1.807, 2.05) is 0 Å². The van der Waals surface area contributed by atoms with E-state index >= 15 is 0 Å². The second-order valence-corrected chi connectivity index (χ2v) is 10.2. The molecule has 1 aliphatic carbocycles. The Kier molecular flexibility index (Phi) is 8.13. The van der Waals surface area contributed by atoms with Crippen LogP contribution in [0.3, 0.4) is 0 Å². The average Bonchev–Trinajstić information content (AvgIpc) is 3.69. The summed E-state index contributed by atoms with van der Waals surface area (Å²) < 4.78 is 96.7. The third kappa shape index (κ3) is 5.92. The summed E-state index contributed by atoms with van der Waals surface area (Å²) in [6.07, 6.45) is -6.12. The SMILES string of the molecule is CC(C)N1C(=O)[C@H](NC(=O)[C@@H](Cc2ccccc2F)NC(=O)C2CC2C(F)(F)F)CCc2c(F)c(F)cc(F)c21. The van der Waals surface area contributed by atoms with Gasteiger partial charge in [0.05, 0.1) is 17.5 Å². The molecule has 2 N–H and O–H groups in total. The van der Waals surface area contributed by atoms with Gasteiger partial charge in [-0.05, 0) is 44.7 Å². The Morgan fingerprint density at radius 1 is 1.05 bits per heavy atom. The van der Waals surface area contributed by atoms with Gasteiger partial charge < -0.3 is 15.5 Å². The first-order chi connectivity index (χ1) is 18.7. The third-order valence-corrected chi connectivity index (χ3v) is 7.09. The Morgan fingerprint density at radius 3 is 2.33 bits per heavy atom. The molecule has 2 unspecified atom stereocenters. The topological polar surface area (TPSA) is 78.5 Å². The lowest BCUT2D eigenvalue weighted by Gasteiger charge is -2.30. The van der Waals surface area contributed by atoms with Crippen LogP contribution in [0.4, 0.5) is 36.4 Å². The number of nitrogens with one attached hydrogen (secondary N) is 2. The molecule has 0 bridgehead atoms. The van der Waals surface area contributed by atoms with E-state index in [1.165, 1.54) is 32.0 Å². The molecule has 0 radical (unpaired) electrons. The summed E-state index contributed by atoms with van der Waals surface area (Å²) in [5, 5.41) is 4.64. The Labute approximate surface area is 224 Å². The van der Waals surface area contributed by atoms with E-state index in [9.17, 15) is 45.1 Å². The Bertz CT molecular complexity index is 1330. The molecule has 13 heteroatoms. The van der Waals surface area contributed by atoms with E-state index in [1.54, 1.807) is 0 Å². The van der Waals surface area contributed by atoms with Crippen molar-refractivity contribution < 1.29 is 45.1 Å². The van der Waals surface area contributed by atoms with Gasteiger partial charge in [-0.3, -0.25) is 14.4 Å². The molecule has 0 aromatic heterocycles. The van der Waals surface area contributed by atoms with Crippen LogP contribution < -0.4 is 15.5 Å². The van der Waals surface area contributed by atoms with E-state index in [-0.39, 0.29) is 24.0 Å². The van der Waals surface area contributed by atoms with Crippen molar-refractivity contribution >= 4 is 23.4 Å². The number of anilines is 1. The van der Waals surface area contributed by atoms with E-state index in [4.69, 9.17) is 0 Å². The summed E-state index contributed by atoms with van der Waals surface area (Å²) in [4.78, 5) is 40.2. The van der Waals surface area contributed by atoms with Crippen LogP contribution in [0.1, 0.15) is 37.8 Å². The van der Waals surface area contributed by atoms with Crippen molar-refractivity contribution in [3.05, 3.63) is 64.7 Å². The second kappa shape index (κ2) is 11.1. The Balaban J connectivity index is 1.59. The van der Waals surface area contributed by atoms with Gasteiger partial charge >= 0.3 is 6.18 Å². The molecule has 2 aromatic carbocycles. The number of fused-ring (bicyclic) bond motifs is 1. The zero-order valence-corrected chi connectivity index (χ0v) is 21.4. The molecule has 0 saturated heterocycles. The first kappa shape index (κ1) is 29.3. The highest BCUT2D eigenvalue weighted by Gasteiger charge is 2.59. The van der Waals surface area contributed by atoms with Crippen molar-refractivity contribution in [2.75, 3.05) is 4.90 Å². The van der Waals surface area contributed by atoms with Crippen LogP contribution in [-0.4, -0.2) is 42.0 Å². The Morgan fingerprint density at radius 2 is 1.73 bits per heavy atom. The van der Waals surface area contributed by atoms with Gasteiger partial charge in [-0.1, -0.05) is 18.2 Å². The molecule has 1 saturated carbocycles. The lowest BCUT2D eigenvalue weighted by molar-refractivity contribution is -0.155. The van der Waals surface area contributed by atoms with Crippen LogP contribution in [0.5, 0.6) is 0 Å². The molecular formula is C27H26F7N3O3. The minimum atomic E-state index is -4.60. The van der Waals surface area contributed by atoms with Crippen molar-refractivity contribution in [3.63, 3.8) is 0 Å². The van der Waals surface area contributed by atoms with Gasteiger partial charge in [0.25, 0.3) is 0 Å². The summed E-state index contributed by atoms with van der Waals surface area (Å²) in [6.45, 7) is 3.00. The fourth-order valence-corrected chi connectivity index (χ4v) is 4.95. The molecular weight excluding hydrogens is 547 g/mol. The lowest BCUT2D eigenvalue weighted by atomic mass is 10.0. The first-order valence-corrected chi connectivity index (χ1v) is 12.6. The maximum Gasteiger partial charge on any atom is 0.392 e. The number of hydrogen-bond acceptors (Lipinski definition) is 3. The summed E-state index contributed by atoms with van der Waals surface area (Å²) in [5.74, 6) is -10.9. The molecule has 40 heavy (non-hydrogen) atoms. The molecule has 216 valence electrons. The minimum Gasteiger partial charge on any atom is -0.344 e. The standard InChI is InChI=1S/C27H26F7N3O3/c1-12(2)37-23-14(22(31)18(29)11-19(23)30)7-8-20(26(37)40)35-25(39)21(9-13-5-3-4-6-17(13)28)36-24(38)15-10-16(15)27(32,33)34/h3-6,11-12,15-16,20-21H,7-10H2,1-2H3,(H,35,39)(H,36,38)/t15?,16?,20-,21-/m1/s1. The molecule has 4 rings (SSSR count). The molecule has 6 nitrogen and oxygen atoms in total. The highest BCUT2D eigenvalue weighted by atomic mass is 19.4. The number of alkyl halides is 3. The van der Waals surface area contributed by atoms with Crippen LogP contribution in [0.15, 0.2) is 30.3 Å². The molecule has 2 aliphatic rings. The monoisotopic (exact) mass is 573 g/mol.